The zero-order chi connectivity index (χ0) is 17.2. The van der Waals surface area contributed by atoms with Gasteiger partial charge in [0, 0.05) is 26.1 Å². The van der Waals surface area contributed by atoms with Gasteiger partial charge in [-0.2, -0.15) is 0 Å². The second-order valence-electron chi connectivity index (χ2n) is 6.69. The van der Waals surface area contributed by atoms with E-state index in [2.05, 4.69) is 39.4 Å². The summed E-state index contributed by atoms with van der Waals surface area (Å²) in [5, 5.41) is 3.08. The molecule has 0 fully saturated rings. The van der Waals surface area contributed by atoms with E-state index in [1.807, 2.05) is 36.4 Å². The minimum atomic E-state index is -0.106. The summed E-state index contributed by atoms with van der Waals surface area (Å²) in [5.74, 6) is 0.892. The van der Waals surface area contributed by atoms with E-state index in [0.29, 0.717) is 13.0 Å². The van der Waals surface area contributed by atoms with Crippen molar-refractivity contribution in [2.45, 2.75) is 18.9 Å². The van der Waals surface area contributed by atoms with Crippen molar-refractivity contribution in [3.05, 3.63) is 65.5 Å². The lowest BCUT2D eigenvalue weighted by Crippen LogP contribution is -2.40. The quantitative estimate of drug-likeness (QED) is 0.770. The predicted octanol–water partition coefficient (Wildman–Crippen LogP) is 2.45. The van der Waals surface area contributed by atoms with Gasteiger partial charge in [-0.05, 0) is 30.3 Å². The van der Waals surface area contributed by atoms with Crippen LogP contribution in [0.4, 0.5) is 0 Å². The minimum absolute atomic E-state index is 0.0927. The Hall–Kier alpha value is -2.66. The van der Waals surface area contributed by atoms with Crippen molar-refractivity contribution in [3.8, 4) is 0 Å². The number of nitrogens with zero attached hydrogens (tertiary/aromatic N) is 2. The van der Waals surface area contributed by atoms with E-state index in [-0.39, 0.29) is 11.8 Å². The topological polar surface area (TPSA) is 61.0 Å². The number of amides is 1. The van der Waals surface area contributed by atoms with E-state index in [9.17, 15) is 4.79 Å². The highest BCUT2D eigenvalue weighted by atomic mass is 16.1. The first-order valence-electron chi connectivity index (χ1n) is 8.68. The van der Waals surface area contributed by atoms with Gasteiger partial charge < -0.3 is 15.2 Å². The highest BCUT2D eigenvalue weighted by Crippen LogP contribution is 2.27. The molecule has 2 aromatic carbocycles. The van der Waals surface area contributed by atoms with Crippen LogP contribution in [0.25, 0.3) is 11.0 Å². The van der Waals surface area contributed by atoms with Crippen LogP contribution in [-0.2, 0) is 17.8 Å². The number of carbonyl (C=O) groups is 1. The average Bonchev–Trinajstić information content (AvgIpc) is 3.03. The van der Waals surface area contributed by atoms with Gasteiger partial charge in [-0.1, -0.05) is 36.4 Å². The molecule has 0 bridgehead atoms. The van der Waals surface area contributed by atoms with Crippen molar-refractivity contribution in [3.63, 3.8) is 0 Å². The molecule has 1 unspecified atom stereocenters. The molecular formula is C20H22N4O. The highest BCUT2D eigenvalue weighted by Gasteiger charge is 2.28. The number of nitrogens with one attached hydrogen (secondary N) is 2. The van der Waals surface area contributed by atoms with Crippen molar-refractivity contribution in [2.24, 2.45) is 0 Å². The minimum Gasteiger partial charge on any atom is -0.355 e. The number of aromatic nitrogens is 2. The molecule has 0 saturated carbocycles. The van der Waals surface area contributed by atoms with Gasteiger partial charge >= 0.3 is 0 Å². The zero-order valence-corrected chi connectivity index (χ0v) is 14.3. The number of aromatic amines is 1. The normalized spacial score (nSPS) is 17.4. The Morgan fingerprint density at radius 2 is 2.04 bits per heavy atom. The summed E-state index contributed by atoms with van der Waals surface area (Å²) in [7, 11) is 2.06. The molecule has 2 N–H and O–H groups in total. The number of carbonyl (C=O) groups excluding carboxylic acids is 1. The van der Waals surface area contributed by atoms with Gasteiger partial charge in [-0.3, -0.25) is 4.79 Å². The third-order valence-electron chi connectivity index (χ3n) is 4.78. The van der Waals surface area contributed by atoms with Crippen LogP contribution in [0.2, 0.25) is 0 Å². The molecule has 0 spiro atoms. The molecule has 5 nitrogen and oxygen atoms in total. The van der Waals surface area contributed by atoms with E-state index >= 15 is 0 Å². The number of H-pyrrole nitrogens is 1. The largest absolute Gasteiger partial charge is 0.355 e. The number of likely N-dealkylation sites (N-methyl/N-ethyl adjacent to an activating group) is 1. The van der Waals surface area contributed by atoms with Gasteiger partial charge in [0.25, 0.3) is 0 Å². The molecule has 25 heavy (non-hydrogen) atoms. The molecule has 1 aliphatic rings. The van der Waals surface area contributed by atoms with Gasteiger partial charge in [0.2, 0.25) is 5.91 Å². The van der Waals surface area contributed by atoms with Crippen molar-refractivity contribution in [1.82, 2.24) is 20.2 Å². The van der Waals surface area contributed by atoms with Gasteiger partial charge in [-0.25, -0.2) is 4.98 Å². The number of para-hydroxylation sites is 2. The molecule has 4 rings (SSSR count). The summed E-state index contributed by atoms with van der Waals surface area (Å²) in [6.07, 6.45) is 0.699. The van der Waals surface area contributed by atoms with Crippen LogP contribution in [0.15, 0.2) is 48.5 Å². The smallest absolute Gasteiger partial charge is 0.228 e. The fourth-order valence-corrected chi connectivity index (χ4v) is 3.56. The molecule has 1 aromatic heterocycles. The predicted molar refractivity (Wildman–Crippen MR) is 98.3 cm³/mol. The number of fused-ring (bicyclic) bond motifs is 2. The van der Waals surface area contributed by atoms with E-state index in [1.165, 1.54) is 5.56 Å². The third kappa shape index (κ3) is 3.28. The van der Waals surface area contributed by atoms with E-state index in [4.69, 9.17) is 0 Å². The molecule has 2 heterocycles. The lowest BCUT2D eigenvalue weighted by atomic mass is 9.89. The van der Waals surface area contributed by atoms with E-state index in [0.717, 1.165) is 35.5 Å². The Balaban J connectivity index is 1.40. The first-order valence-corrected chi connectivity index (χ1v) is 8.68. The molecule has 0 saturated heterocycles. The lowest BCUT2D eigenvalue weighted by molar-refractivity contribution is -0.123. The van der Waals surface area contributed by atoms with Gasteiger partial charge in [-0.15, -0.1) is 0 Å². The Morgan fingerprint density at radius 1 is 1.24 bits per heavy atom. The number of imidazole rings is 1. The standard InChI is InChI=1S/C20H22N4O/c1-24-12-14-6-2-3-7-15(14)16(13-24)20(25)21-11-10-19-22-17-8-4-5-9-18(17)23-19/h2-9,16H,10-13H2,1H3,(H,21,25)(H,22,23). The van der Waals surface area contributed by atoms with Crippen LogP contribution in [0.5, 0.6) is 0 Å². The molecule has 1 aliphatic heterocycles. The van der Waals surface area contributed by atoms with Crippen molar-refractivity contribution in [2.75, 3.05) is 20.1 Å². The van der Waals surface area contributed by atoms with Crippen molar-refractivity contribution in [1.29, 1.82) is 0 Å². The molecule has 1 atom stereocenters. The molecule has 128 valence electrons. The summed E-state index contributed by atoms with van der Waals surface area (Å²) >= 11 is 0. The fraction of sp³-hybridized carbons (Fsp3) is 0.300. The number of hydrogen-bond donors (Lipinski definition) is 2. The third-order valence-corrected chi connectivity index (χ3v) is 4.78. The van der Waals surface area contributed by atoms with Crippen LogP contribution < -0.4 is 5.32 Å². The van der Waals surface area contributed by atoms with Gasteiger partial charge in [0.1, 0.15) is 5.82 Å². The Bertz CT molecular complexity index is 868. The first kappa shape index (κ1) is 15.8. The second-order valence-corrected chi connectivity index (χ2v) is 6.69. The van der Waals surface area contributed by atoms with Crippen LogP contribution in [0.3, 0.4) is 0 Å². The fourth-order valence-electron chi connectivity index (χ4n) is 3.56. The second kappa shape index (κ2) is 6.69. The summed E-state index contributed by atoms with van der Waals surface area (Å²) in [5.41, 5.74) is 4.40. The number of benzene rings is 2. The highest BCUT2D eigenvalue weighted by molar-refractivity contribution is 5.84. The van der Waals surface area contributed by atoms with Crippen LogP contribution in [0, 0.1) is 0 Å². The monoisotopic (exact) mass is 334 g/mol. The van der Waals surface area contributed by atoms with E-state index < -0.39 is 0 Å². The number of rotatable bonds is 4. The van der Waals surface area contributed by atoms with Gasteiger partial charge in [0.05, 0.1) is 17.0 Å². The summed E-state index contributed by atoms with van der Waals surface area (Å²) in [6.45, 7) is 2.24. The summed E-state index contributed by atoms with van der Waals surface area (Å²) in [4.78, 5) is 22.8. The molecule has 1 amide bonds. The average molecular weight is 334 g/mol. The van der Waals surface area contributed by atoms with Gasteiger partial charge in [0.15, 0.2) is 0 Å². The Morgan fingerprint density at radius 3 is 2.92 bits per heavy atom. The van der Waals surface area contributed by atoms with Crippen LogP contribution >= 0.6 is 0 Å². The van der Waals surface area contributed by atoms with Crippen LogP contribution in [-0.4, -0.2) is 40.9 Å². The molecule has 3 aromatic rings. The maximum absolute atomic E-state index is 12.7. The first-order chi connectivity index (χ1) is 12.2. The van der Waals surface area contributed by atoms with Crippen LogP contribution in [0.1, 0.15) is 22.9 Å². The molecule has 0 aliphatic carbocycles. The van der Waals surface area contributed by atoms with Crippen molar-refractivity contribution < 1.29 is 4.79 Å². The number of hydrogen-bond acceptors (Lipinski definition) is 3. The van der Waals surface area contributed by atoms with Crippen molar-refractivity contribution >= 4 is 16.9 Å². The molecule has 5 heteroatoms. The maximum Gasteiger partial charge on any atom is 0.228 e. The summed E-state index contributed by atoms with van der Waals surface area (Å²) in [6, 6.07) is 16.2. The van der Waals surface area contributed by atoms with E-state index in [1.54, 1.807) is 0 Å². The maximum atomic E-state index is 12.7. The zero-order valence-electron chi connectivity index (χ0n) is 14.3. The Kier molecular flexibility index (Phi) is 4.24. The SMILES string of the molecule is CN1Cc2ccccc2C(C(=O)NCCc2nc3ccccc3[nH]2)C1. The molecule has 0 radical (unpaired) electrons. The summed E-state index contributed by atoms with van der Waals surface area (Å²) < 4.78 is 0. The Labute approximate surface area is 147 Å². The molecular weight excluding hydrogens is 312 g/mol. The lowest BCUT2D eigenvalue weighted by Gasteiger charge is -2.31.